The topological polar surface area (TPSA) is 43.8 Å². The van der Waals surface area contributed by atoms with Crippen molar-refractivity contribution >= 4 is 27.7 Å². The van der Waals surface area contributed by atoms with Gasteiger partial charge in [0, 0.05) is 30.0 Å². The first-order valence-electron chi connectivity index (χ1n) is 7.14. The molecule has 2 N–H and O–H groups in total. The number of nitrogens with two attached hydrogens (primary N) is 1. The third kappa shape index (κ3) is 4.80. The predicted octanol–water partition coefficient (Wildman–Crippen LogP) is 3.63. The average Bonchev–Trinajstić information content (AvgIpc) is 2.72. The number of hydrogen-bond donors (Lipinski definition) is 1. The number of aromatic nitrogens is 2. The van der Waals surface area contributed by atoms with Crippen LogP contribution in [0.15, 0.2) is 4.47 Å². The Labute approximate surface area is 129 Å². The van der Waals surface area contributed by atoms with Crippen LogP contribution >= 0.6 is 27.7 Å². The number of halogens is 1. The number of rotatable bonds is 8. The minimum atomic E-state index is 0.196. The molecule has 0 aliphatic carbocycles. The minimum absolute atomic E-state index is 0.196. The van der Waals surface area contributed by atoms with Crippen molar-refractivity contribution in [1.29, 1.82) is 0 Å². The fourth-order valence-electron chi connectivity index (χ4n) is 1.93. The molecule has 110 valence electrons. The van der Waals surface area contributed by atoms with E-state index in [0.29, 0.717) is 5.25 Å². The molecule has 1 rings (SSSR count). The number of aryl methyl sites for hydroxylation is 2. The predicted molar refractivity (Wildman–Crippen MR) is 88.9 cm³/mol. The van der Waals surface area contributed by atoms with Gasteiger partial charge in [0.2, 0.25) is 0 Å². The molecule has 1 aromatic heterocycles. The molecular weight excluding hydrogens is 322 g/mol. The van der Waals surface area contributed by atoms with Crippen molar-refractivity contribution in [3.05, 3.63) is 15.9 Å². The Balaban J connectivity index is 2.67. The highest BCUT2D eigenvalue weighted by Crippen LogP contribution is 2.24. The van der Waals surface area contributed by atoms with Crippen LogP contribution in [-0.4, -0.2) is 26.8 Å². The van der Waals surface area contributed by atoms with Crippen LogP contribution in [0.25, 0.3) is 0 Å². The fraction of sp³-hybridized carbons (Fsp3) is 0.786. The molecule has 0 aliphatic heterocycles. The maximum Gasteiger partial charge on any atom is 0.0766 e. The number of hydrogen-bond acceptors (Lipinski definition) is 3. The summed E-state index contributed by atoms with van der Waals surface area (Å²) in [5.74, 6) is 1.01. The Morgan fingerprint density at radius 2 is 2.05 bits per heavy atom. The molecule has 19 heavy (non-hydrogen) atoms. The Bertz CT molecular complexity index is 392. The van der Waals surface area contributed by atoms with Gasteiger partial charge in [0.25, 0.3) is 0 Å². The van der Waals surface area contributed by atoms with Gasteiger partial charge in [-0.25, -0.2) is 0 Å². The van der Waals surface area contributed by atoms with Crippen LogP contribution in [0.5, 0.6) is 0 Å². The first kappa shape index (κ1) is 17.1. The highest BCUT2D eigenvalue weighted by Gasteiger charge is 2.17. The van der Waals surface area contributed by atoms with Gasteiger partial charge in [0.1, 0.15) is 0 Å². The van der Waals surface area contributed by atoms with Gasteiger partial charge in [-0.3, -0.25) is 4.68 Å². The number of nitrogens with zero attached hydrogens (tertiary/aromatic N) is 2. The maximum atomic E-state index is 6.27. The van der Waals surface area contributed by atoms with Crippen molar-refractivity contribution in [3.8, 4) is 0 Å². The van der Waals surface area contributed by atoms with Crippen molar-refractivity contribution in [2.75, 3.05) is 5.75 Å². The van der Waals surface area contributed by atoms with Crippen molar-refractivity contribution in [1.82, 2.24) is 9.78 Å². The molecule has 2 atom stereocenters. The van der Waals surface area contributed by atoms with Gasteiger partial charge in [-0.2, -0.15) is 16.9 Å². The Hall–Kier alpha value is -0.000000000000000111. The molecule has 0 fully saturated rings. The lowest BCUT2D eigenvalue weighted by Gasteiger charge is -2.15. The molecule has 2 unspecified atom stereocenters. The molecule has 3 nitrogen and oxygen atoms in total. The first-order chi connectivity index (χ1) is 9.03. The van der Waals surface area contributed by atoms with E-state index in [-0.39, 0.29) is 6.04 Å². The quantitative estimate of drug-likeness (QED) is 0.780. The zero-order valence-electron chi connectivity index (χ0n) is 12.4. The molecule has 0 amide bonds. The van der Waals surface area contributed by atoms with Gasteiger partial charge in [-0.05, 0) is 35.7 Å². The summed E-state index contributed by atoms with van der Waals surface area (Å²) in [4.78, 5) is 0. The van der Waals surface area contributed by atoms with Crippen LogP contribution in [0, 0.1) is 0 Å². The van der Waals surface area contributed by atoms with Gasteiger partial charge in [-0.15, -0.1) is 0 Å². The van der Waals surface area contributed by atoms with E-state index >= 15 is 0 Å². The third-order valence-corrected chi connectivity index (χ3v) is 5.76. The zero-order valence-corrected chi connectivity index (χ0v) is 14.9. The van der Waals surface area contributed by atoms with E-state index < -0.39 is 0 Å². The maximum absolute atomic E-state index is 6.27. The Morgan fingerprint density at radius 1 is 1.37 bits per heavy atom. The molecule has 0 bridgehead atoms. The van der Waals surface area contributed by atoms with E-state index in [2.05, 4.69) is 53.4 Å². The standard InChI is InChI=1S/C14H26BrN3S/c1-5-10(4)19-9-11(16)8-13-14(15)12(6-2)17-18(13)7-3/h10-11H,5-9,16H2,1-4H3. The van der Waals surface area contributed by atoms with Crippen molar-refractivity contribution in [3.63, 3.8) is 0 Å². The van der Waals surface area contributed by atoms with Crippen LogP contribution in [0.1, 0.15) is 45.5 Å². The lowest BCUT2D eigenvalue weighted by atomic mass is 10.2. The Kier molecular flexibility index (Phi) is 7.47. The minimum Gasteiger partial charge on any atom is -0.327 e. The molecule has 0 aromatic carbocycles. The summed E-state index contributed by atoms with van der Waals surface area (Å²) in [7, 11) is 0. The highest BCUT2D eigenvalue weighted by atomic mass is 79.9. The van der Waals surface area contributed by atoms with E-state index in [1.54, 1.807) is 0 Å². The lowest BCUT2D eigenvalue weighted by Crippen LogP contribution is -2.28. The van der Waals surface area contributed by atoms with E-state index in [4.69, 9.17) is 5.73 Å². The summed E-state index contributed by atoms with van der Waals surface area (Å²) in [5.41, 5.74) is 8.65. The molecule has 0 radical (unpaired) electrons. The average molecular weight is 348 g/mol. The van der Waals surface area contributed by atoms with Gasteiger partial charge in [0.15, 0.2) is 0 Å². The van der Waals surface area contributed by atoms with Gasteiger partial charge in [-0.1, -0.05) is 20.8 Å². The second-order valence-electron chi connectivity index (χ2n) is 4.89. The number of thioether (sulfide) groups is 1. The first-order valence-corrected chi connectivity index (χ1v) is 8.98. The van der Waals surface area contributed by atoms with Gasteiger partial charge >= 0.3 is 0 Å². The summed E-state index contributed by atoms with van der Waals surface area (Å²) >= 11 is 5.65. The largest absolute Gasteiger partial charge is 0.327 e. The van der Waals surface area contributed by atoms with Gasteiger partial charge in [0.05, 0.1) is 15.9 Å². The molecule has 0 saturated heterocycles. The van der Waals surface area contributed by atoms with E-state index in [1.165, 1.54) is 12.1 Å². The van der Waals surface area contributed by atoms with Crippen LogP contribution in [-0.2, 0) is 19.4 Å². The normalized spacial score (nSPS) is 14.6. The Morgan fingerprint density at radius 3 is 2.58 bits per heavy atom. The van der Waals surface area contributed by atoms with Crippen LogP contribution < -0.4 is 5.73 Å². The lowest BCUT2D eigenvalue weighted by molar-refractivity contribution is 0.591. The molecule has 0 saturated carbocycles. The fourth-order valence-corrected chi connectivity index (χ4v) is 3.58. The summed E-state index contributed by atoms with van der Waals surface area (Å²) in [6.45, 7) is 9.65. The molecule has 0 spiro atoms. The van der Waals surface area contributed by atoms with E-state index in [0.717, 1.165) is 35.3 Å². The van der Waals surface area contributed by atoms with Crippen LogP contribution in [0.3, 0.4) is 0 Å². The summed E-state index contributed by atoms with van der Waals surface area (Å²) < 4.78 is 3.23. The molecule has 0 aliphatic rings. The van der Waals surface area contributed by atoms with Gasteiger partial charge < -0.3 is 5.73 Å². The van der Waals surface area contributed by atoms with Crippen LogP contribution in [0.2, 0.25) is 0 Å². The monoisotopic (exact) mass is 347 g/mol. The second kappa shape index (κ2) is 8.32. The third-order valence-electron chi connectivity index (χ3n) is 3.32. The highest BCUT2D eigenvalue weighted by molar-refractivity contribution is 9.10. The zero-order chi connectivity index (χ0) is 14.4. The second-order valence-corrected chi connectivity index (χ2v) is 7.16. The van der Waals surface area contributed by atoms with Crippen molar-refractivity contribution in [2.24, 2.45) is 5.73 Å². The van der Waals surface area contributed by atoms with Crippen molar-refractivity contribution < 1.29 is 0 Å². The summed E-state index contributed by atoms with van der Waals surface area (Å²) in [5, 5.41) is 5.31. The molecule has 5 heteroatoms. The summed E-state index contributed by atoms with van der Waals surface area (Å²) in [6.07, 6.45) is 3.05. The van der Waals surface area contributed by atoms with Crippen LogP contribution in [0.4, 0.5) is 0 Å². The summed E-state index contributed by atoms with van der Waals surface area (Å²) in [6, 6.07) is 0.196. The molecular formula is C14H26BrN3S. The SMILES string of the molecule is CCc1nn(CC)c(CC(N)CSC(C)CC)c1Br. The molecule has 1 heterocycles. The van der Waals surface area contributed by atoms with E-state index in [9.17, 15) is 0 Å². The van der Waals surface area contributed by atoms with Crippen molar-refractivity contribution in [2.45, 2.75) is 64.8 Å². The smallest absolute Gasteiger partial charge is 0.0766 e. The molecule has 1 aromatic rings. The van der Waals surface area contributed by atoms with E-state index in [1.807, 2.05) is 11.8 Å².